The van der Waals surface area contributed by atoms with Crippen molar-refractivity contribution in [3.8, 4) is 5.75 Å². The molecule has 2 rings (SSSR count). The number of rotatable bonds is 10. The molecule has 8 heteroatoms. The lowest BCUT2D eigenvalue weighted by Gasteiger charge is -2.15. The van der Waals surface area contributed by atoms with E-state index in [0.29, 0.717) is 23.5 Å². The largest absolute Gasteiger partial charge is 0.497 e. The number of amides is 2. The van der Waals surface area contributed by atoms with E-state index in [-0.39, 0.29) is 29.9 Å². The second-order valence-corrected chi connectivity index (χ2v) is 7.48. The van der Waals surface area contributed by atoms with E-state index in [1.807, 2.05) is 13.0 Å². The number of anilines is 2. The Hall–Kier alpha value is -3.00. The van der Waals surface area contributed by atoms with Crippen molar-refractivity contribution in [2.75, 3.05) is 17.7 Å². The average molecular weight is 416 g/mol. The van der Waals surface area contributed by atoms with Crippen molar-refractivity contribution in [1.29, 1.82) is 0 Å². The minimum Gasteiger partial charge on any atom is -0.497 e. The van der Waals surface area contributed by atoms with Crippen LogP contribution < -0.4 is 15.4 Å². The summed E-state index contributed by atoms with van der Waals surface area (Å²) in [6, 6.07) is 14.3. The summed E-state index contributed by atoms with van der Waals surface area (Å²) in [6.07, 6.45) is 0.320. The number of carbonyl (C=O) groups excluding carboxylic acids is 2. The van der Waals surface area contributed by atoms with Crippen LogP contribution in [0.4, 0.5) is 11.4 Å². The highest BCUT2D eigenvalue weighted by Crippen LogP contribution is 2.29. The zero-order chi connectivity index (χ0) is 21.2. The van der Waals surface area contributed by atoms with Gasteiger partial charge >= 0.3 is 5.97 Å². The lowest BCUT2D eigenvalue weighted by molar-refractivity contribution is -0.138. The van der Waals surface area contributed by atoms with Crippen LogP contribution in [0.3, 0.4) is 0 Å². The highest BCUT2D eigenvalue weighted by atomic mass is 32.2. The van der Waals surface area contributed by atoms with Crippen LogP contribution in [0.2, 0.25) is 0 Å². The number of hydrogen-bond acceptors (Lipinski definition) is 5. The van der Waals surface area contributed by atoms with Crippen LogP contribution in [0.15, 0.2) is 53.4 Å². The van der Waals surface area contributed by atoms with Crippen molar-refractivity contribution in [3.05, 3.63) is 48.5 Å². The van der Waals surface area contributed by atoms with Crippen molar-refractivity contribution >= 4 is 40.9 Å². The van der Waals surface area contributed by atoms with Gasteiger partial charge in [-0.25, -0.2) is 0 Å². The molecular weight excluding hydrogens is 392 g/mol. The Morgan fingerprint density at radius 2 is 1.76 bits per heavy atom. The average Bonchev–Trinajstić information content (AvgIpc) is 2.71. The molecular formula is C21H24N2O5S. The summed E-state index contributed by atoms with van der Waals surface area (Å²) in [5.41, 5.74) is 1.25. The number of nitrogens with one attached hydrogen (secondary N) is 2. The van der Waals surface area contributed by atoms with E-state index in [9.17, 15) is 14.4 Å². The second-order valence-electron chi connectivity index (χ2n) is 6.20. The molecule has 7 nitrogen and oxygen atoms in total. The maximum absolute atomic E-state index is 12.6. The first-order chi connectivity index (χ1) is 13.9. The fraction of sp³-hybridized carbons (Fsp3) is 0.286. The Morgan fingerprint density at radius 1 is 1.03 bits per heavy atom. The van der Waals surface area contributed by atoms with Gasteiger partial charge in [0.05, 0.1) is 18.8 Å². The van der Waals surface area contributed by atoms with Crippen LogP contribution in [0.1, 0.15) is 26.2 Å². The Labute approximate surface area is 173 Å². The number of carboxylic acid groups (broad SMARTS) is 1. The maximum Gasteiger partial charge on any atom is 0.303 e. The lowest BCUT2D eigenvalue weighted by Crippen LogP contribution is -2.24. The summed E-state index contributed by atoms with van der Waals surface area (Å²) < 4.78 is 5.11. The van der Waals surface area contributed by atoms with E-state index in [2.05, 4.69) is 10.6 Å². The van der Waals surface area contributed by atoms with Crippen molar-refractivity contribution in [3.63, 3.8) is 0 Å². The molecule has 0 spiro atoms. The van der Waals surface area contributed by atoms with Gasteiger partial charge in [-0.15, -0.1) is 11.8 Å². The minimum absolute atomic E-state index is 0.0887. The van der Waals surface area contributed by atoms with Gasteiger partial charge in [-0.3, -0.25) is 14.4 Å². The number of methoxy groups -OCH3 is 1. The van der Waals surface area contributed by atoms with E-state index in [1.54, 1.807) is 49.6 Å². The molecule has 0 aliphatic carbocycles. The predicted molar refractivity (Wildman–Crippen MR) is 114 cm³/mol. The zero-order valence-corrected chi connectivity index (χ0v) is 17.1. The number of carboxylic acids is 1. The molecule has 2 amide bonds. The quantitative estimate of drug-likeness (QED) is 0.506. The summed E-state index contributed by atoms with van der Waals surface area (Å²) in [7, 11) is 1.58. The first kappa shape index (κ1) is 22.3. The van der Waals surface area contributed by atoms with Gasteiger partial charge in [0.25, 0.3) is 0 Å². The molecule has 1 atom stereocenters. The molecule has 0 saturated carbocycles. The second kappa shape index (κ2) is 11.1. The first-order valence-corrected chi connectivity index (χ1v) is 10.0. The molecule has 1 unspecified atom stereocenters. The zero-order valence-electron chi connectivity index (χ0n) is 16.3. The van der Waals surface area contributed by atoms with Gasteiger partial charge in [-0.1, -0.05) is 13.0 Å². The molecule has 2 aromatic rings. The maximum atomic E-state index is 12.6. The van der Waals surface area contributed by atoms with Gasteiger partial charge in [-0.05, 0) is 48.9 Å². The molecule has 29 heavy (non-hydrogen) atoms. The highest BCUT2D eigenvalue weighted by Gasteiger charge is 2.18. The van der Waals surface area contributed by atoms with Crippen molar-refractivity contribution < 1.29 is 24.2 Å². The van der Waals surface area contributed by atoms with Gasteiger partial charge < -0.3 is 20.5 Å². The molecule has 0 fully saturated rings. The summed E-state index contributed by atoms with van der Waals surface area (Å²) in [5, 5.41) is 13.9. The van der Waals surface area contributed by atoms with Gasteiger partial charge in [0, 0.05) is 22.7 Å². The van der Waals surface area contributed by atoms with E-state index in [4.69, 9.17) is 9.84 Å². The lowest BCUT2D eigenvalue weighted by atomic mass is 10.2. The fourth-order valence-electron chi connectivity index (χ4n) is 2.47. The monoisotopic (exact) mass is 416 g/mol. The first-order valence-electron chi connectivity index (χ1n) is 9.14. The van der Waals surface area contributed by atoms with Gasteiger partial charge in [0.2, 0.25) is 11.8 Å². The number of benzene rings is 2. The molecule has 0 aliphatic heterocycles. The number of aliphatic carboxylic acids is 1. The van der Waals surface area contributed by atoms with Gasteiger partial charge in [0.1, 0.15) is 5.75 Å². The predicted octanol–water partition coefficient (Wildman–Crippen LogP) is 4.01. The standard InChI is InChI=1S/C21H24N2O5S/c1-3-18(21(27)23-14-7-9-16(28-2)10-8-14)29-17-6-4-5-15(13-17)22-19(24)11-12-20(25)26/h4-10,13,18H,3,11-12H2,1-2H3,(H,22,24)(H,23,27)(H,25,26). The smallest absolute Gasteiger partial charge is 0.303 e. The Kier molecular flexibility index (Phi) is 8.54. The van der Waals surface area contributed by atoms with Crippen molar-refractivity contribution in [1.82, 2.24) is 0 Å². The third-order valence-corrected chi connectivity index (χ3v) is 5.34. The highest BCUT2D eigenvalue weighted by molar-refractivity contribution is 8.00. The molecule has 2 aromatic carbocycles. The molecule has 3 N–H and O–H groups in total. The van der Waals surface area contributed by atoms with Crippen molar-refractivity contribution in [2.45, 2.75) is 36.3 Å². The van der Waals surface area contributed by atoms with Gasteiger partial charge in [0.15, 0.2) is 0 Å². The summed E-state index contributed by atoms with van der Waals surface area (Å²) in [4.78, 5) is 35.8. The fourth-order valence-corrected chi connectivity index (χ4v) is 3.49. The SMILES string of the molecule is CCC(Sc1cccc(NC(=O)CCC(=O)O)c1)C(=O)Nc1ccc(OC)cc1. The molecule has 0 radical (unpaired) electrons. The number of ether oxygens (including phenoxy) is 1. The van der Waals surface area contributed by atoms with Crippen LogP contribution in [0, 0.1) is 0 Å². The van der Waals surface area contributed by atoms with Crippen LogP contribution >= 0.6 is 11.8 Å². The topological polar surface area (TPSA) is 105 Å². The Bertz CT molecular complexity index is 854. The molecule has 0 saturated heterocycles. The Morgan fingerprint density at radius 3 is 2.38 bits per heavy atom. The minimum atomic E-state index is -1.02. The molecule has 0 bridgehead atoms. The van der Waals surface area contributed by atoms with Crippen molar-refractivity contribution in [2.24, 2.45) is 0 Å². The van der Waals surface area contributed by atoms with Crippen LogP contribution in [0.5, 0.6) is 5.75 Å². The Balaban J connectivity index is 1.97. The molecule has 154 valence electrons. The van der Waals surface area contributed by atoms with E-state index < -0.39 is 5.97 Å². The number of carbonyl (C=O) groups is 3. The molecule has 0 aromatic heterocycles. The normalized spacial score (nSPS) is 11.4. The molecule has 0 heterocycles. The number of thioether (sulfide) groups is 1. The summed E-state index contributed by atoms with van der Waals surface area (Å²) in [6.45, 7) is 1.93. The summed E-state index contributed by atoms with van der Waals surface area (Å²) >= 11 is 1.40. The number of hydrogen-bond donors (Lipinski definition) is 3. The third-order valence-electron chi connectivity index (χ3n) is 3.98. The van der Waals surface area contributed by atoms with Crippen LogP contribution in [-0.4, -0.2) is 35.2 Å². The van der Waals surface area contributed by atoms with Crippen LogP contribution in [0.25, 0.3) is 0 Å². The van der Waals surface area contributed by atoms with E-state index in [1.165, 1.54) is 11.8 Å². The molecule has 0 aliphatic rings. The van der Waals surface area contributed by atoms with E-state index >= 15 is 0 Å². The van der Waals surface area contributed by atoms with E-state index in [0.717, 1.165) is 4.90 Å². The van der Waals surface area contributed by atoms with Crippen LogP contribution in [-0.2, 0) is 14.4 Å². The van der Waals surface area contributed by atoms with Gasteiger partial charge in [-0.2, -0.15) is 0 Å². The summed E-state index contributed by atoms with van der Waals surface area (Å²) in [5.74, 6) is -0.776. The third kappa shape index (κ3) is 7.50.